The molecule has 0 unspecified atom stereocenters. The molecule has 24 heavy (non-hydrogen) atoms. The van der Waals surface area contributed by atoms with Crippen LogP contribution in [0.5, 0.6) is 0 Å². The molecule has 0 saturated carbocycles. The molecule has 6 heteroatoms. The van der Waals surface area contributed by atoms with E-state index in [1.54, 1.807) is 0 Å². The number of benzene rings is 1. The molecule has 0 aliphatic rings. The molecule has 5 nitrogen and oxygen atoms in total. The van der Waals surface area contributed by atoms with Gasteiger partial charge in [0.15, 0.2) is 5.13 Å². The number of nitrogens with one attached hydrogen (secondary N) is 1. The second-order valence-electron chi connectivity index (χ2n) is 5.74. The van der Waals surface area contributed by atoms with E-state index < -0.39 is 0 Å². The SMILES string of the molecule is Cc1cc(C)n(C(=O)c2sc(NCCc3ccccc3)nc2C)n1. The number of carbonyl (C=O) groups is 1. The van der Waals surface area contributed by atoms with E-state index in [0.717, 1.165) is 35.2 Å². The predicted molar refractivity (Wildman–Crippen MR) is 96.9 cm³/mol. The zero-order valence-electron chi connectivity index (χ0n) is 14.0. The Balaban J connectivity index is 1.68. The molecule has 3 aromatic rings. The third kappa shape index (κ3) is 3.54. The first-order valence-electron chi connectivity index (χ1n) is 7.88. The van der Waals surface area contributed by atoms with Gasteiger partial charge in [-0.1, -0.05) is 41.7 Å². The zero-order chi connectivity index (χ0) is 17.1. The van der Waals surface area contributed by atoms with Crippen LogP contribution in [0.2, 0.25) is 0 Å². The lowest BCUT2D eigenvalue weighted by Crippen LogP contribution is -2.14. The highest BCUT2D eigenvalue weighted by Gasteiger charge is 2.19. The molecule has 0 radical (unpaired) electrons. The lowest BCUT2D eigenvalue weighted by Gasteiger charge is -2.02. The Kier molecular flexibility index (Phi) is 4.76. The van der Waals surface area contributed by atoms with E-state index in [-0.39, 0.29) is 5.91 Å². The third-order valence-corrected chi connectivity index (χ3v) is 4.83. The fraction of sp³-hybridized carbons (Fsp3) is 0.278. The molecule has 3 rings (SSSR count). The Morgan fingerprint density at radius 2 is 1.96 bits per heavy atom. The second kappa shape index (κ2) is 6.97. The normalized spacial score (nSPS) is 10.8. The van der Waals surface area contributed by atoms with Gasteiger partial charge < -0.3 is 5.32 Å². The number of thiazole rings is 1. The van der Waals surface area contributed by atoms with Crippen molar-refractivity contribution in [1.29, 1.82) is 0 Å². The highest BCUT2D eigenvalue weighted by Crippen LogP contribution is 2.24. The van der Waals surface area contributed by atoms with Crippen LogP contribution < -0.4 is 5.32 Å². The maximum atomic E-state index is 12.7. The number of anilines is 1. The summed E-state index contributed by atoms with van der Waals surface area (Å²) >= 11 is 1.38. The Labute approximate surface area is 145 Å². The van der Waals surface area contributed by atoms with Crippen LogP contribution in [0.4, 0.5) is 5.13 Å². The number of aromatic nitrogens is 3. The molecule has 2 heterocycles. The Bertz CT molecular complexity index is 851. The summed E-state index contributed by atoms with van der Waals surface area (Å²) in [5.74, 6) is -0.119. The second-order valence-corrected chi connectivity index (χ2v) is 6.74. The van der Waals surface area contributed by atoms with Gasteiger partial charge in [-0.2, -0.15) is 5.10 Å². The lowest BCUT2D eigenvalue weighted by molar-refractivity contribution is 0.0945. The van der Waals surface area contributed by atoms with Crippen LogP contribution in [0.3, 0.4) is 0 Å². The standard InChI is InChI=1S/C18H20N4OS/c1-12-11-13(2)22(21-12)17(23)16-14(3)20-18(24-16)19-10-9-15-7-5-4-6-8-15/h4-8,11H,9-10H2,1-3H3,(H,19,20). The zero-order valence-corrected chi connectivity index (χ0v) is 14.9. The Morgan fingerprint density at radius 1 is 1.21 bits per heavy atom. The first-order chi connectivity index (χ1) is 11.5. The Morgan fingerprint density at radius 3 is 2.62 bits per heavy atom. The molecule has 1 N–H and O–H groups in total. The molecule has 1 aromatic carbocycles. The van der Waals surface area contributed by atoms with Crippen LogP contribution in [0, 0.1) is 20.8 Å². The average Bonchev–Trinajstić information content (AvgIpc) is 3.09. The fourth-order valence-corrected chi connectivity index (χ4v) is 3.48. The summed E-state index contributed by atoms with van der Waals surface area (Å²) in [6, 6.07) is 12.2. The van der Waals surface area contributed by atoms with Gasteiger partial charge in [-0.25, -0.2) is 9.67 Å². The van der Waals surface area contributed by atoms with E-state index in [9.17, 15) is 4.79 Å². The van der Waals surface area contributed by atoms with E-state index in [1.165, 1.54) is 21.6 Å². The first kappa shape index (κ1) is 16.4. The van der Waals surface area contributed by atoms with E-state index in [0.29, 0.717) is 4.88 Å². The smallest absolute Gasteiger partial charge is 0.290 e. The van der Waals surface area contributed by atoms with Gasteiger partial charge in [0, 0.05) is 12.2 Å². The van der Waals surface area contributed by atoms with E-state index in [2.05, 4.69) is 27.5 Å². The fourth-order valence-electron chi connectivity index (χ4n) is 2.56. The molecule has 0 spiro atoms. The predicted octanol–water partition coefficient (Wildman–Crippen LogP) is 3.61. The topological polar surface area (TPSA) is 59.8 Å². The molecule has 0 aliphatic heterocycles. The number of nitrogens with zero attached hydrogens (tertiary/aromatic N) is 3. The van der Waals surface area contributed by atoms with Crippen LogP contribution in [0.25, 0.3) is 0 Å². The number of hydrogen-bond acceptors (Lipinski definition) is 5. The number of carbonyl (C=O) groups excluding carboxylic acids is 1. The molecular weight excluding hydrogens is 320 g/mol. The van der Waals surface area contributed by atoms with Gasteiger partial charge in [0.1, 0.15) is 4.88 Å². The first-order valence-corrected chi connectivity index (χ1v) is 8.69. The molecule has 0 aliphatic carbocycles. The number of hydrogen-bond donors (Lipinski definition) is 1. The summed E-state index contributed by atoms with van der Waals surface area (Å²) in [4.78, 5) is 17.8. The molecule has 0 fully saturated rings. The maximum absolute atomic E-state index is 12.7. The summed E-state index contributed by atoms with van der Waals surface area (Å²) in [6.45, 7) is 6.41. The van der Waals surface area contributed by atoms with Gasteiger partial charge in [0.25, 0.3) is 5.91 Å². The minimum atomic E-state index is -0.119. The lowest BCUT2D eigenvalue weighted by atomic mass is 10.2. The molecule has 0 saturated heterocycles. The molecule has 124 valence electrons. The van der Waals surface area contributed by atoms with Crippen LogP contribution >= 0.6 is 11.3 Å². The largest absolute Gasteiger partial charge is 0.361 e. The van der Waals surface area contributed by atoms with Crippen LogP contribution in [0.1, 0.15) is 32.3 Å². The van der Waals surface area contributed by atoms with Crippen LogP contribution in [-0.4, -0.2) is 27.2 Å². The molecule has 2 aromatic heterocycles. The molecule has 0 bridgehead atoms. The van der Waals surface area contributed by atoms with Gasteiger partial charge in [0.2, 0.25) is 0 Å². The van der Waals surface area contributed by atoms with Gasteiger partial charge in [-0.05, 0) is 38.8 Å². The number of rotatable bonds is 5. The van der Waals surface area contributed by atoms with E-state index in [4.69, 9.17) is 0 Å². The minimum absolute atomic E-state index is 0.119. The van der Waals surface area contributed by atoms with Crippen molar-refractivity contribution >= 4 is 22.4 Å². The maximum Gasteiger partial charge on any atom is 0.290 e. The summed E-state index contributed by atoms with van der Waals surface area (Å²) in [5, 5.41) is 8.34. The van der Waals surface area contributed by atoms with Crippen molar-refractivity contribution in [2.45, 2.75) is 27.2 Å². The van der Waals surface area contributed by atoms with Gasteiger partial charge in [-0.3, -0.25) is 4.79 Å². The van der Waals surface area contributed by atoms with E-state index >= 15 is 0 Å². The Hall–Kier alpha value is -2.47. The number of aryl methyl sites for hydroxylation is 3. The summed E-state index contributed by atoms with van der Waals surface area (Å²) in [5.41, 5.74) is 3.69. The van der Waals surface area contributed by atoms with Gasteiger partial charge in [0.05, 0.1) is 11.4 Å². The molecule has 0 atom stereocenters. The minimum Gasteiger partial charge on any atom is -0.361 e. The van der Waals surface area contributed by atoms with Crippen LogP contribution in [0.15, 0.2) is 36.4 Å². The highest BCUT2D eigenvalue weighted by molar-refractivity contribution is 7.17. The van der Waals surface area contributed by atoms with Gasteiger partial charge in [-0.15, -0.1) is 0 Å². The van der Waals surface area contributed by atoms with Crippen molar-refractivity contribution in [3.05, 3.63) is 63.9 Å². The monoisotopic (exact) mass is 340 g/mol. The van der Waals surface area contributed by atoms with Crippen LogP contribution in [-0.2, 0) is 6.42 Å². The van der Waals surface area contributed by atoms with Gasteiger partial charge >= 0.3 is 0 Å². The van der Waals surface area contributed by atoms with E-state index in [1.807, 2.05) is 45.0 Å². The quantitative estimate of drug-likeness (QED) is 0.771. The van der Waals surface area contributed by atoms with Crippen molar-refractivity contribution in [2.24, 2.45) is 0 Å². The van der Waals surface area contributed by atoms with Crippen molar-refractivity contribution < 1.29 is 4.79 Å². The van der Waals surface area contributed by atoms with Crippen molar-refractivity contribution in [3.63, 3.8) is 0 Å². The summed E-state index contributed by atoms with van der Waals surface area (Å²) in [6.07, 6.45) is 0.917. The summed E-state index contributed by atoms with van der Waals surface area (Å²) < 4.78 is 1.45. The van der Waals surface area contributed by atoms with Crippen molar-refractivity contribution in [3.8, 4) is 0 Å². The van der Waals surface area contributed by atoms with Crippen molar-refractivity contribution in [2.75, 3.05) is 11.9 Å². The summed E-state index contributed by atoms with van der Waals surface area (Å²) in [7, 11) is 0. The molecular formula is C18H20N4OS. The van der Waals surface area contributed by atoms with Crippen molar-refractivity contribution in [1.82, 2.24) is 14.8 Å². The third-order valence-electron chi connectivity index (χ3n) is 3.73. The highest BCUT2D eigenvalue weighted by atomic mass is 32.1. The average molecular weight is 340 g/mol. The molecule has 0 amide bonds.